The predicted octanol–water partition coefficient (Wildman–Crippen LogP) is 2.61. The summed E-state index contributed by atoms with van der Waals surface area (Å²) in [4.78, 5) is 25.2. The quantitative estimate of drug-likeness (QED) is 0.928. The van der Waals surface area contributed by atoms with Crippen molar-refractivity contribution in [1.29, 1.82) is 0 Å². The smallest absolute Gasteiger partial charge is 0.387 e. The van der Waals surface area contributed by atoms with Crippen molar-refractivity contribution in [3.8, 4) is 5.75 Å². The highest BCUT2D eigenvalue weighted by Crippen LogP contribution is 2.31. The van der Waals surface area contributed by atoms with Gasteiger partial charge in [0.25, 0.3) is 5.91 Å². The van der Waals surface area contributed by atoms with Gasteiger partial charge < -0.3 is 14.7 Å². The summed E-state index contributed by atoms with van der Waals surface area (Å²) in [6.45, 7) is -1.01. The van der Waals surface area contributed by atoms with E-state index in [1.165, 1.54) is 23.1 Å². The number of hydrogen-bond donors (Lipinski definition) is 1. The minimum atomic E-state index is -3.03. The number of carboxylic acids is 1. The van der Waals surface area contributed by atoms with Crippen LogP contribution in [0.3, 0.4) is 0 Å². The molecule has 0 bridgehead atoms. The van der Waals surface area contributed by atoms with E-state index in [4.69, 9.17) is 0 Å². The molecule has 2 rings (SSSR count). The molecule has 120 valence electrons. The summed E-state index contributed by atoms with van der Waals surface area (Å²) < 4.78 is 29.2. The van der Waals surface area contributed by atoms with Gasteiger partial charge in [-0.3, -0.25) is 9.59 Å². The second-order valence-corrected chi connectivity index (χ2v) is 5.57. The van der Waals surface area contributed by atoms with Crippen LogP contribution in [-0.4, -0.2) is 41.6 Å². The zero-order valence-electron chi connectivity index (χ0n) is 12.1. The average Bonchev–Trinajstić information content (AvgIpc) is 2.46. The molecule has 0 radical (unpaired) electrons. The molecular formula is C15H17F2NO4. The zero-order valence-corrected chi connectivity index (χ0v) is 12.1. The third-order valence-electron chi connectivity index (χ3n) is 3.83. The van der Waals surface area contributed by atoms with Gasteiger partial charge >= 0.3 is 12.6 Å². The maximum absolute atomic E-state index is 12.5. The van der Waals surface area contributed by atoms with E-state index in [2.05, 4.69) is 4.74 Å². The number of amides is 1. The molecule has 1 saturated heterocycles. The Morgan fingerprint density at radius 3 is 2.68 bits per heavy atom. The van der Waals surface area contributed by atoms with E-state index in [-0.39, 0.29) is 17.9 Å². The molecule has 5 nitrogen and oxygen atoms in total. The second kappa shape index (κ2) is 6.29. The van der Waals surface area contributed by atoms with Gasteiger partial charge in [0.1, 0.15) is 5.75 Å². The van der Waals surface area contributed by atoms with Gasteiger partial charge in [-0.25, -0.2) is 0 Å². The molecule has 1 amide bonds. The lowest BCUT2D eigenvalue weighted by Crippen LogP contribution is -2.48. The van der Waals surface area contributed by atoms with E-state index in [9.17, 15) is 23.5 Å². The van der Waals surface area contributed by atoms with E-state index >= 15 is 0 Å². The Bertz CT molecular complexity index is 578. The number of nitrogens with zero attached hydrogens (tertiary/aromatic N) is 1. The monoisotopic (exact) mass is 313 g/mol. The fraction of sp³-hybridized carbons (Fsp3) is 0.467. The van der Waals surface area contributed by atoms with E-state index in [0.29, 0.717) is 19.4 Å². The van der Waals surface area contributed by atoms with Crippen molar-refractivity contribution in [3.05, 3.63) is 29.8 Å². The van der Waals surface area contributed by atoms with Gasteiger partial charge in [0.15, 0.2) is 0 Å². The predicted molar refractivity (Wildman–Crippen MR) is 74.0 cm³/mol. The van der Waals surface area contributed by atoms with Crippen LogP contribution in [0.2, 0.25) is 0 Å². The van der Waals surface area contributed by atoms with E-state index < -0.39 is 23.9 Å². The largest absolute Gasteiger partial charge is 0.481 e. The SMILES string of the molecule is CC1(C(=O)O)CCCN(C(=O)c2ccccc2OC(F)F)C1. The first kappa shape index (κ1) is 16.2. The molecule has 1 fully saturated rings. The van der Waals surface area contributed by atoms with Crippen LogP contribution in [0, 0.1) is 5.41 Å². The van der Waals surface area contributed by atoms with Crippen LogP contribution in [0.1, 0.15) is 30.1 Å². The Labute approximate surface area is 126 Å². The third-order valence-corrected chi connectivity index (χ3v) is 3.83. The molecule has 0 saturated carbocycles. The standard InChI is InChI=1S/C15H17F2NO4/c1-15(13(20)21)7-4-8-18(9-15)12(19)10-5-2-3-6-11(10)22-14(16)17/h2-3,5-6,14H,4,7-9H2,1H3,(H,20,21). The molecule has 1 unspecified atom stereocenters. The number of alkyl halides is 2. The number of hydrogen-bond acceptors (Lipinski definition) is 3. The molecule has 1 atom stereocenters. The first-order chi connectivity index (χ1) is 10.3. The molecule has 1 aromatic carbocycles. The second-order valence-electron chi connectivity index (χ2n) is 5.57. The Hall–Kier alpha value is -2.18. The van der Waals surface area contributed by atoms with Crippen LogP contribution in [0.15, 0.2) is 24.3 Å². The van der Waals surface area contributed by atoms with Crippen molar-refractivity contribution in [2.75, 3.05) is 13.1 Å². The Morgan fingerprint density at radius 1 is 1.36 bits per heavy atom. The molecule has 7 heteroatoms. The maximum atomic E-state index is 12.5. The Balaban J connectivity index is 2.23. The molecule has 0 aliphatic carbocycles. The molecule has 1 aromatic rings. The summed E-state index contributed by atoms with van der Waals surface area (Å²) in [5, 5.41) is 9.28. The van der Waals surface area contributed by atoms with E-state index in [0.717, 1.165) is 0 Å². The summed E-state index contributed by atoms with van der Waals surface area (Å²) >= 11 is 0. The van der Waals surface area contributed by atoms with Gasteiger partial charge in [-0.2, -0.15) is 8.78 Å². The highest BCUT2D eigenvalue weighted by atomic mass is 19.3. The lowest BCUT2D eigenvalue weighted by Gasteiger charge is -2.37. The Morgan fingerprint density at radius 2 is 2.05 bits per heavy atom. The highest BCUT2D eigenvalue weighted by molar-refractivity contribution is 5.97. The maximum Gasteiger partial charge on any atom is 0.387 e. The van der Waals surface area contributed by atoms with Crippen LogP contribution in [0.25, 0.3) is 0 Å². The average molecular weight is 313 g/mol. The number of carbonyl (C=O) groups excluding carboxylic acids is 1. The van der Waals surface area contributed by atoms with Crippen molar-refractivity contribution in [1.82, 2.24) is 4.90 Å². The lowest BCUT2D eigenvalue weighted by molar-refractivity contribution is -0.150. The first-order valence-corrected chi connectivity index (χ1v) is 6.90. The zero-order chi connectivity index (χ0) is 16.3. The van der Waals surface area contributed by atoms with Crippen LogP contribution in [0.4, 0.5) is 8.78 Å². The van der Waals surface area contributed by atoms with E-state index in [1.807, 2.05) is 0 Å². The van der Waals surface area contributed by atoms with Crippen molar-refractivity contribution in [2.24, 2.45) is 5.41 Å². The summed E-state index contributed by atoms with van der Waals surface area (Å²) in [5.74, 6) is -1.67. The van der Waals surface area contributed by atoms with Gasteiger partial charge in [-0.15, -0.1) is 0 Å². The summed E-state index contributed by atoms with van der Waals surface area (Å²) in [5.41, 5.74) is -1.01. The molecular weight excluding hydrogens is 296 g/mol. The first-order valence-electron chi connectivity index (χ1n) is 6.90. The number of rotatable bonds is 4. The summed E-state index contributed by atoms with van der Waals surface area (Å²) in [7, 11) is 0. The van der Waals surface area contributed by atoms with E-state index in [1.54, 1.807) is 13.0 Å². The van der Waals surface area contributed by atoms with Crippen molar-refractivity contribution >= 4 is 11.9 Å². The van der Waals surface area contributed by atoms with Gasteiger partial charge in [-0.05, 0) is 31.9 Å². The minimum Gasteiger partial charge on any atom is -0.481 e. The molecule has 1 heterocycles. The number of likely N-dealkylation sites (tertiary alicyclic amines) is 1. The van der Waals surface area contributed by atoms with Crippen LogP contribution in [0.5, 0.6) is 5.75 Å². The number of carbonyl (C=O) groups is 2. The summed E-state index contributed by atoms with van der Waals surface area (Å²) in [6.07, 6.45) is 1.02. The third kappa shape index (κ3) is 3.35. The van der Waals surface area contributed by atoms with Crippen LogP contribution >= 0.6 is 0 Å². The van der Waals surface area contributed by atoms with Crippen molar-refractivity contribution in [2.45, 2.75) is 26.4 Å². The van der Waals surface area contributed by atoms with Gasteiger partial charge in [0, 0.05) is 13.1 Å². The number of aliphatic carboxylic acids is 1. The number of benzene rings is 1. The molecule has 0 aromatic heterocycles. The fourth-order valence-electron chi connectivity index (χ4n) is 2.60. The van der Waals surface area contributed by atoms with Crippen molar-refractivity contribution in [3.63, 3.8) is 0 Å². The number of para-hydroxylation sites is 1. The molecule has 22 heavy (non-hydrogen) atoms. The van der Waals surface area contributed by atoms with Gasteiger partial charge in [0.2, 0.25) is 0 Å². The van der Waals surface area contributed by atoms with Crippen molar-refractivity contribution < 1.29 is 28.2 Å². The highest BCUT2D eigenvalue weighted by Gasteiger charge is 2.39. The van der Waals surface area contributed by atoms with Crippen LogP contribution in [-0.2, 0) is 4.79 Å². The van der Waals surface area contributed by atoms with Gasteiger partial charge in [0.05, 0.1) is 11.0 Å². The number of carboxylic acid groups (broad SMARTS) is 1. The minimum absolute atomic E-state index is 0.0115. The van der Waals surface area contributed by atoms with Crippen LogP contribution < -0.4 is 4.74 Å². The number of ether oxygens (including phenoxy) is 1. The normalized spacial score (nSPS) is 21.7. The molecule has 1 aliphatic heterocycles. The molecule has 0 spiro atoms. The Kier molecular flexibility index (Phi) is 4.63. The number of halogens is 2. The lowest BCUT2D eigenvalue weighted by atomic mass is 9.82. The fourth-order valence-corrected chi connectivity index (χ4v) is 2.60. The topological polar surface area (TPSA) is 66.8 Å². The number of piperidine rings is 1. The molecule has 1 aliphatic rings. The van der Waals surface area contributed by atoms with Gasteiger partial charge in [-0.1, -0.05) is 12.1 Å². The summed E-state index contributed by atoms with van der Waals surface area (Å²) in [6, 6.07) is 5.73. The molecule has 1 N–H and O–H groups in total.